The lowest BCUT2D eigenvalue weighted by Crippen LogP contribution is -2.16. The van der Waals surface area contributed by atoms with Gasteiger partial charge in [0.15, 0.2) is 0 Å². The van der Waals surface area contributed by atoms with Gasteiger partial charge in [-0.2, -0.15) is 0 Å². The van der Waals surface area contributed by atoms with Gasteiger partial charge in [-0.15, -0.1) is 11.6 Å². The van der Waals surface area contributed by atoms with Gasteiger partial charge in [-0.3, -0.25) is 0 Å². The van der Waals surface area contributed by atoms with Crippen LogP contribution >= 0.6 is 11.6 Å². The van der Waals surface area contributed by atoms with E-state index in [0.29, 0.717) is 11.8 Å². The normalized spacial score (nSPS) is 16.8. The molecule has 3 heteroatoms. The monoisotopic (exact) mass is 267 g/mol. The van der Waals surface area contributed by atoms with Gasteiger partial charge in [-0.05, 0) is 44.2 Å². The van der Waals surface area contributed by atoms with Crippen LogP contribution in [0.5, 0.6) is 5.88 Å². The Labute approximate surface area is 115 Å². The second-order valence-electron chi connectivity index (χ2n) is 5.31. The third-order valence-corrected chi connectivity index (χ3v) is 4.02. The molecule has 0 bridgehead atoms. The molecule has 18 heavy (non-hydrogen) atoms. The number of aromatic nitrogens is 1. The Hall–Kier alpha value is -0.760. The molecule has 0 radical (unpaired) electrons. The maximum atomic E-state index is 5.99. The van der Waals surface area contributed by atoms with Crippen molar-refractivity contribution in [1.82, 2.24) is 4.98 Å². The Balaban J connectivity index is 2.03. The molecule has 100 valence electrons. The molecule has 0 unspecified atom stereocenters. The molecule has 1 saturated carbocycles. The third kappa shape index (κ3) is 3.38. The minimum atomic E-state index is 0.471. The Kier molecular flexibility index (Phi) is 4.87. The number of alkyl halides is 1. The topological polar surface area (TPSA) is 22.1 Å². The number of pyridine rings is 1. The summed E-state index contributed by atoms with van der Waals surface area (Å²) in [6.07, 6.45) is 6.65. The first-order valence-corrected chi connectivity index (χ1v) is 7.40. The summed E-state index contributed by atoms with van der Waals surface area (Å²) < 4.78 is 5.93. The van der Waals surface area contributed by atoms with Crippen molar-refractivity contribution < 1.29 is 4.74 Å². The van der Waals surface area contributed by atoms with Crippen molar-refractivity contribution in [1.29, 1.82) is 0 Å². The summed E-state index contributed by atoms with van der Waals surface area (Å²) in [6, 6.07) is 2.06. The number of aryl methyl sites for hydroxylation is 2. The Morgan fingerprint density at radius 2 is 2.00 bits per heavy atom. The molecular weight excluding hydrogens is 246 g/mol. The summed E-state index contributed by atoms with van der Waals surface area (Å²) in [7, 11) is 0. The first-order valence-electron chi connectivity index (χ1n) is 6.86. The van der Waals surface area contributed by atoms with Crippen molar-refractivity contribution in [3.63, 3.8) is 0 Å². The largest absolute Gasteiger partial charge is 0.477 e. The molecule has 0 amide bonds. The molecule has 1 fully saturated rings. The van der Waals surface area contributed by atoms with Gasteiger partial charge in [0, 0.05) is 11.3 Å². The zero-order valence-electron chi connectivity index (χ0n) is 11.3. The molecule has 0 aromatic carbocycles. The first-order chi connectivity index (χ1) is 8.70. The molecule has 0 spiro atoms. The van der Waals surface area contributed by atoms with Crippen LogP contribution in [0.15, 0.2) is 6.07 Å². The SMILES string of the molecule is Cc1cc(C)c(CCl)c(OCC2CCCCC2)n1. The molecule has 1 aliphatic rings. The van der Waals surface area contributed by atoms with Crippen molar-refractivity contribution in [3.05, 3.63) is 22.9 Å². The van der Waals surface area contributed by atoms with Crippen molar-refractivity contribution in [2.45, 2.75) is 51.8 Å². The van der Waals surface area contributed by atoms with Crippen molar-refractivity contribution in [2.75, 3.05) is 6.61 Å². The van der Waals surface area contributed by atoms with Crippen LogP contribution in [0.3, 0.4) is 0 Å². The number of rotatable bonds is 4. The molecule has 1 aromatic heterocycles. The zero-order valence-corrected chi connectivity index (χ0v) is 12.1. The maximum Gasteiger partial charge on any atom is 0.218 e. The summed E-state index contributed by atoms with van der Waals surface area (Å²) in [5, 5.41) is 0. The second kappa shape index (κ2) is 6.42. The number of ether oxygens (including phenoxy) is 1. The summed E-state index contributed by atoms with van der Waals surface area (Å²) in [5.74, 6) is 1.91. The molecule has 1 aromatic rings. The van der Waals surface area contributed by atoms with Crippen molar-refractivity contribution >= 4 is 11.6 Å². The van der Waals surface area contributed by atoms with Crippen LogP contribution in [0.2, 0.25) is 0 Å². The van der Waals surface area contributed by atoms with Gasteiger partial charge in [0.1, 0.15) is 0 Å². The average Bonchev–Trinajstić information content (AvgIpc) is 2.37. The molecular formula is C15H22ClNO. The fourth-order valence-electron chi connectivity index (χ4n) is 2.66. The minimum absolute atomic E-state index is 0.471. The Bertz CT molecular complexity index is 400. The van der Waals surface area contributed by atoms with E-state index in [1.807, 2.05) is 6.92 Å². The lowest BCUT2D eigenvalue weighted by Gasteiger charge is -2.22. The van der Waals surface area contributed by atoms with Gasteiger partial charge < -0.3 is 4.74 Å². The standard InChI is InChI=1S/C15H22ClNO/c1-11-8-12(2)17-15(14(11)9-16)18-10-13-6-4-3-5-7-13/h8,13H,3-7,9-10H2,1-2H3. The highest BCUT2D eigenvalue weighted by molar-refractivity contribution is 6.17. The van der Waals surface area contributed by atoms with E-state index < -0.39 is 0 Å². The fraction of sp³-hybridized carbons (Fsp3) is 0.667. The van der Waals surface area contributed by atoms with Crippen LogP contribution in [0.4, 0.5) is 0 Å². The van der Waals surface area contributed by atoms with Crippen molar-refractivity contribution in [2.24, 2.45) is 5.92 Å². The van der Waals surface area contributed by atoms with Gasteiger partial charge in [0.05, 0.1) is 12.5 Å². The van der Waals surface area contributed by atoms with E-state index in [0.717, 1.165) is 23.7 Å². The predicted octanol–water partition coefficient (Wildman–Crippen LogP) is 4.40. The number of hydrogen-bond acceptors (Lipinski definition) is 2. The molecule has 0 aliphatic heterocycles. The minimum Gasteiger partial charge on any atom is -0.477 e. The first kappa shape index (κ1) is 13.7. The smallest absolute Gasteiger partial charge is 0.218 e. The quantitative estimate of drug-likeness (QED) is 0.755. The molecule has 0 atom stereocenters. The van der Waals surface area contributed by atoms with Crippen LogP contribution in [-0.4, -0.2) is 11.6 Å². The van der Waals surface area contributed by atoms with E-state index >= 15 is 0 Å². The summed E-state index contributed by atoms with van der Waals surface area (Å²) in [5.41, 5.74) is 3.22. The second-order valence-corrected chi connectivity index (χ2v) is 5.58. The summed E-state index contributed by atoms with van der Waals surface area (Å²) in [6.45, 7) is 4.86. The third-order valence-electron chi connectivity index (χ3n) is 3.75. The molecule has 1 heterocycles. The number of halogens is 1. The Morgan fingerprint density at radius 3 is 2.67 bits per heavy atom. The summed E-state index contributed by atoms with van der Waals surface area (Å²) in [4.78, 5) is 4.48. The average molecular weight is 268 g/mol. The van der Waals surface area contributed by atoms with Gasteiger partial charge in [-0.1, -0.05) is 19.3 Å². The molecule has 2 rings (SSSR count). The van der Waals surface area contributed by atoms with E-state index in [1.54, 1.807) is 0 Å². The zero-order chi connectivity index (χ0) is 13.0. The fourth-order valence-corrected chi connectivity index (χ4v) is 2.99. The molecule has 0 N–H and O–H groups in total. The molecule has 1 aliphatic carbocycles. The van der Waals surface area contributed by atoms with Gasteiger partial charge in [0.2, 0.25) is 5.88 Å². The number of hydrogen-bond donors (Lipinski definition) is 0. The van der Waals surface area contributed by atoms with Crippen molar-refractivity contribution in [3.8, 4) is 5.88 Å². The number of nitrogens with zero attached hydrogens (tertiary/aromatic N) is 1. The predicted molar refractivity (Wildman–Crippen MR) is 75.3 cm³/mol. The van der Waals surface area contributed by atoms with Gasteiger partial charge >= 0.3 is 0 Å². The van der Waals surface area contributed by atoms with Gasteiger partial charge in [-0.25, -0.2) is 4.98 Å². The van der Waals surface area contributed by atoms with E-state index in [1.165, 1.54) is 37.7 Å². The van der Waals surface area contributed by atoms with E-state index in [9.17, 15) is 0 Å². The van der Waals surface area contributed by atoms with Crippen LogP contribution in [0.1, 0.15) is 48.9 Å². The summed E-state index contributed by atoms with van der Waals surface area (Å²) >= 11 is 5.99. The molecule has 0 saturated heterocycles. The maximum absolute atomic E-state index is 5.99. The van der Waals surface area contributed by atoms with Gasteiger partial charge in [0.25, 0.3) is 0 Å². The van der Waals surface area contributed by atoms with Crippen LogP contribution in [-0.2, 0) is 5.88 Å². The molecule has 2 nitrogen and oxygen atoms in total. The lowest BCUT2D eigenvalue weighted by atomic mass is 9.90. The lowest BCUT2D eigenvalue weighted by molar-refractivity contribution is 0.201. The highest BCUT2D eigenvalue weighted by Gasteiger charge is 2.16. The van der Waals surface area contributed by atoms with E-state index in [4.69, 9.17) is 16.3 Å². The van der Waals surface area contributed by atoms with E-state index in [2.05, 4.69) is 18.0 Å². The van der Waals surface area contributed by atoms with E-state index in [-0.39, 0.29) is 0 Å². The van der Waals surface area contributed by atoms with Crippen LogP contribution in [0, 0.1) is 19.8 Å². The van der Waals surface area contributed by atoms with Crippen LogP contribution in [0.25, 0.3) is 0 Å². The Morgan fingerprint density at radius 1 is 1.28 bits per heavy atom. The van der Waals surface area contributed by atoms with Crippen LogP contribution < -0.4 is 4.74 Å². The highest BCUT2D eigenvalue weighted by atomic mass is 35.5. The highest BCUT2D eigenvalue weighted by Crippen LogP contribution is 2.27.